The minimum Gasteiger partial charge on any atom is -0.496 e. The Morgan fingerprint density at radius 1 is 1.17 bits per heavy atom. The number of thioether (sulfide) groups is 1. The fraction of sp³-hybridized carbons (Fsp3) is 0.118. The molecule has 7 heteroatoms. The van der Waals surface area contributed by atoms with Crippen LogP contribution < -0.4 is 10.1 Å². The highest BCUT2D eigenvalue weighted by atomic mass is 32.2. The number of H-pyrrole nitrogens is 1. The van der Waals surface area contributed by atoms with Gasteiger partial charge in [-0.1, -0.05) is 36.0 Å². The van der Waals surface area contributed by atoms with Crippen molar-refractivity contribution in [3.05, 3.63) is 54.1 Å². The quantitative estimate of drug-likeness (QED) is 0.697. The summed E-state index contributed by atoms with van der Waals surface area (Å²) in [6.45, 7) is 0. The molecule has 2 amide bonds. The summed E-state index contributed by atoms with van der Waals surface area (Å²) < 4.78 is 5.12. The molecule has 6 nitrogen and oxygen atoms in total. The van der Waals surface area contributed by atoms with E-state index in [2.05, 4.69) is 15.3 Å². The van der Waals surface area contributed by atoms with E-state index in [1.807, 2.05) is 24.3 Å². The normalized spacial score (nSPS) is 10.5. The van der Waals surface area contributed by atoms with Gasteiger partial charge in [-0.05, 0) is 24.3 Å². The molecular weight excluding hydrogens is 326 g/mol. The molecule has 3 rings (SSSR count). The summed E-state index contributed by atoms with van der Waals surface area (Å²) >= 11 is 1.24. The molecule has 1 aromatic heterocycles. The number of hydrogen-bond donors (Lipinski definition) is 2. The lowest BCUT2D eigenvalue weighted by Gasteiger charge is -2.07. The first kappa shape index (κ1) is 16.1. The predicted octanol–water partition coefficient (Wildman–Crippen LogP) is 2.62. The first-order valence-electron chi connectivity index (χ1n) is 7.22. The molecule has 2 N–H and O–H groups in total. The molecule has 0 spiro atoms. The maximum absolute atomic E-state index is 12.1. The molecule has 2 aromatic carbocycles. The van der Waals surface area contributed by atoms with Gasteiger partial charge in [-0.25, -0.2) is 4.98 Å². The Hall–Kier alpha value is -2.80. The topological polar surface area (TPSA) is 84.1 Å². The Morgan fingerprint density at radius 3 is 2.71 bits per heavy atom. The summed E-state index contributed by atoms with van der Waals surface area (Å²) in [5.41, 5.74) is 2.07. The number of para-hydroxylation sites is 3. The van der Waals surface area contributed by atoms with Gasteiger partial charge in [0.2, 0.25) is 5.91 Å². The maximum atomic E-state index is 12.1. The lowest BCUT2D eigenvalue weighted by atomic mass is 10.2. The number of nitrogens with zero attached hydrogens (tertiary/aromatic N) is 1. The fourth-order valence-corrected chi connectivity index (χ4v) is 2.88. The van der Waals surface area contributed by atoms with Crippen LogP contribution in [0.1, 0.15) is 10.4 Å². The number of carbonyl (C=O) groups is 2. The summed E-state index contributed by atoms with van der Waals surface area (Å²) in [7, 11) is 1.48. The van der Waals surface area contributed by atoms with Gasteiger partial charge in [0.05, 0.1) is 29.5 Å². The van der Waals surface area contributed by atoms with E-state index in [0.29, 0.717) is 16.5 Å². The molecule has 0 aliphatic carbocycles. The average molecular weight is 341 g/mol. The predicted molar refractivity (Wildman–Crippen MR) is 92.3 cm³/mol. The number of amides is 2. The van der Waals surface area contributed by atoms with Crippen LogP contribution in [0.3, 0.4) is 0 Å². The molecule has 0 saturated heterocycles. The van der Waals surface area contributed by atoms with Gasteiger partial charge in [0.25, 0.3) is 5.91 Å². The third-order valence-corrected chi connectivity index (χ3v) is 4.19. The zero-order valence-corrected chi connectivity index (χ0v) is 13.7. The van der Waals surface area contributed by atoms with Crippen molar-refractivity contribution in [1.29, 1.82) is 0 Å². The number of fused-ring (bicyclic) bond motifs is 1. The van der Waals surface area contributed by atoms with Crippen LogP contribution in [0, 0.1) is 0 Å². The number of methoxy groups -OCH3 is 1. The van der Waals surface area contributed by atoms with Gasteiger partial charge in [0, 0.05) is 0 Å². The van der Waals surface area contributed by atoms with Crippen LogP contribution in [0.25, 0.3) is 11.0 Å². The summed E-state index contributed by atoms with van der Waals surface area (Å²) in [4.78, 5) is 31.6. The third-order valence-electron chi connectivity index (χ3n) is 3.31. The Morgan fingerprint density at radius 2 is 1.92 bits per heavy atom. The largest absolute Gasteiger partial charge is 0.496 e. The van der Waals surface area contributed by atoms with Crippen molar-refractivity contribution in [3.63, 3.8) is 0 Å². The van der Waals surface area contributed by atoms with E-state index < -0.39 is 11.8 Å². The van der Waals surface area contributed by atoms with E-state index in [1.165, 1.54) is 18.9 Å². The fourth-order valence-electron chi connectivity index (χ4n) is 2.19. The van der Waals surface area contributed by atoms with Crippen molar-refractivity contribution in [2.45, 2.75) is 5.16 Å². The van der Waals surface area contributed by atoms with E-state index >= 15 is 0 Å². The molecule has 0 fully saturated rings. The number of rotatable bonds is 5. The molecule has 0 radical (unpaired) electrons. The molecule has 24 heavy (non-hydrogen) atoms. The first-order valence-corrected chi connectivity index (χ1v) is 8.20. The van der Waals surface area contributed by atoms with Gasteiger partial charge >= 0.3 is 0 Å². The number of aromatic nitrogens is 2. The summed E-state index contributed by atoms with van der Waals surface area (Å²) in [5, 5.41) is 2.99. The molecule has 0 aliphatic heterocycles. The molecule has 3 aromatic rings. The van der Waals surface area contributed by atoms with Crippen LogP contribution in [0.2, 0.25) is 0 Å². The van der Waals surface area contributed by atoms with E-state index in [0.717, 1.165) is 11.0 Å². The third kappa shape index (κ3) is 3.57. The van der Waals surface area contributed by atoms with Crippen LogP contribution in [0.5, 0.6) is 5.75 Å². The standard InChI is InChI=1S/C17H15N3O3S/c1-23-14-9-5-2-6-11(14)16(22)20-15(21)10-24-17-18-12-7-3-4-8-13(12)19-17/h2-9H,10H2,1H3,(H,18,19)(H,20,21,22). The van der Waals surface area contributed by atoms with Crippen molar-refractivity contribution in [2.24, 2.45) is 0 Å². The lowest BCUT2D eigenvalue weighted by molar-refractivity contribution is -0.117. The van der Waals surface area contributed by atoms with Gasteiger partial charge in [-0.3, -0.25) is 14.9 Å². The zero-order valence-electron chi connectivity index (χ0n) is 12.9. The van der Waals surface area contributed by atoms with Crippen molar-refractivity contribution in [1.82, 2.24) is 15.3 Å². The first-order chi connectivity index (χ1) is 11.7. The highest BCUT2D eigenvalue weighted by Crippen LogP contribution is 2.19. The van der Waals surface area contributed by atoms with Gasteiger partial charge in [-0.15, -0.1) is 0 Å². The number of ether oxygens (including phenoxy) is 1. The summed E-state index contributed by atoms with van der Waals surface area (Å²) in [6.07, 6.45) is 0. The van der Waals surface area contributed by atoms with Crippen LogP contribution in [0.4, 0.5) is 0 Å². The number of benzene rings is 2. The van der Waals surface area contributed by atoms with Crippen LogP contribution in [0.15, 0.2) is 53.7 Å². The smallest absolute Gasteiger partial charge is 0.261 e. The molecule has 0 atom stereocenters. The molecule has 1 heterocycles. The highest BCUT2D eigenvalue weighted by Gasteiger charge is 2.15. The Bertz CT molecular complexity index is 858. The van der Waals surface area contributed by atoms with Crippen molar-refractivity contribution in [2.75, 3.05) is 12.9 Å². The van der Waals surface area contributed by atoms with Gasteiger partial charge in [-0.2, -0.15) is 0 Å². The van der Waals surface area contributed by atoms with Crippen LogP contribution in [-0.2, 0) is 4.79 Å². The number of carbonyl (C=O) groups excluding carboxylic acids is 2. The summed E-state index contributed by atoms with van der Waals surface area (Å²) in [6, 6.07) is 14.4. The number of nitrogens with one attached hydrogen (secondary N) is 2. The van der Waals surface area contributed by atoms with Crippen LogP contribution >= 0.6 is 11.8 Å². The van der Waals surface area contributed by atoms with Crippen LogP contribution in [-0.4, -0.2) is 34.6 Å². The summed E-state index contributed by atoms with van der Waals surface area (Å²) in [5.74, 6) is -0.368. The van der Waals surface area contributed by atoms with Crippen molar-refractivity contribution in [3.8, 4) is 5.75 Å². The second kappa shape index (κ2) is 7.18. The van der Waals surface area contributed by atoms with E-state index in [1.54, 1.807) is 24.3 Å². The van der Waals surface area contributed by atoms with E-state index in [-0.39, 0.29) is 5.75 Å². The van der Waals surface area contributed by atoms with Crippen molar-refractivity contribution < 1.29 is 14.3 Å². The number of aromatic amines is 1. The van der Waals surface area contributed by atoms with E-state index in [9.17, 15) is 9.59 Å². The molecule has 122 valence electrons. The monoisotopic (exact) mass is 341 g/mol. The van der Waals surface area contributed by atoms with E-state index in [4.69, 9.17) is 4.74 Å². The minimum atomic E-state index is -0.484. The molecule has 0 bridgehead atoms. The molecule has 0 aliphatic rings. The Kier molecular flexibility index (Phi) is 4.81. The second-order valence-corrected chi connectivity index (χ2v) is 5.89. The SMILES string of the molecule is COc1ccccc1C(=O)NC(=O)CSc1nc2ccccc2[nH]1. The number of imidazole rings is 1. The van der Waals surface area contributed by atoms with Gasteiger partial charge in [0.1, 0.15) is 5.75 Å². The lowest BCUT2D eigenvalue weighted by Crippen LogP contribution is -2.32. The average Bonchev–Trinajstić information content (AvgIpc) is 3.03. The zero-order chi connectivity index (χ0) is 16.9. The maximum Gasteiger partial charge on any atom is 0.261 e. The molecule has 0 unspecified atom stereocenters. The Labute approximate surface area is 142 Å². The van der Waals surface area contributed by atoms with Gasteiger partial charge in [0.15, 0.2) is 5.16 Å². The highest BCUT2D eigenvalue weighted by molar-refractivity contribution is 7.99. The van der Waals surface area contributed by atoms with Gasteiger partial charge < -0.3 is 9.72 Å². The molecular formula is C17H15N3O3S. The number of hydrogen-bond acceptors (Lipinski definition) is 5. The second-order valence-electron chi connectivity index (χ2n) is 4.93. The Balaban J connectivity index is 1.60. The van der Waals surface area contributed by atoms with Crippen molar-refractivity contribution >= 4 is 34.6 Å². The number of imide groups is 1. The molecule has 0 saturated carbocycles. The minimum absolute atomic E-state index is 0.0840.